The van der Waals surface area contributed by atoms with Gasteiger partial charge in [0.25, 0.3) is 5.89 Å². The standard InChI is InChI=1S/C13H13ClFN3O/c14-10-5-1-4-9(11(10)15)13-17-12(18-19-13)8-3-2-6-16-7-8/h1,4-5,8,16H,2-3,6-7H2. The molecular formula is C13H13ClFN3O. The maximum absolute atomic E-state index is 13.9. The van der Waals surface area contributed by atoms with Gasteiger partial charge in [-0.1, -0.05) is 22.8 Å². The molecule has 0 bridgehead atoms. The Balaban J connectivity index is 1.90. The second kappa shape index (κ2) is 5.27. The highest BCUT2D eigenvalue weighted by atomic mass is 35.5. The number of hydrogen-bond donors (Lipinski definition) is 1. The van der Waals surface area contributed by atoms with Gasteiger partial charge in [-0.15, -0.1) is 0 Å². The molecule has 1 atom stereocenters. The average molecular weight is 282 g/mol. The van der Waals surface area contributed by atoms with Gasteiger partial charge in [-0.3, -0.25) is 0 Å². The van der Waals surface area contributed by atoms with Crippen LogP contribution in [0.4, 0.5) is 4.39 Å². The van der Waals surface area contributed by atoms with E-state index in [9.17, 15) is 4.39 Å². The highest BCUT2D eigenvalue weighted by molar-refractivity contribution is 6.31. The molecule has 2 heterocycles. The summed E-state index contributed by atoms with van der Waals surface area (Å²) in [5, 5.41) is 7.29. The van der Waals surface area contributed by atoms with Crippen LogP contribution < -0.4 is 5.32 Å². The van der Waals surface area contributed by atoms with Crippen LogP contribution in [0.25, 0.3) is 11.5 Å². The van der Waals surface area contributed by atoms with Gasteiger partial charge in [0.1, 0.15) is 0 Å². The monoisotopic (exact) mass is 281 g/mol. The fourth-order valence-corrected chi connectivity index (χ4v) is 2.43. The summed E-state index contributed by atoms with van der Waals surface area (Å²) in [4.78, 5) is 4.29. The number of halogens is 2. The summed E-state index contributed by atoms with van der Waals surface area (Å²) in [6.45, 7) is 1.85. The second-order valence-electron chi connectivity index (χ2n) is 4.60. The Morgan fingerprint density at radius 1 is 1.42 bits per heavy atom. The summed E-state index contributed by atoms with van der Waals surface area (Å²) in [5.41, 5.74) is 0.245. The molecule has 0 spiro atoms. The van der Waals surface area contributed by atoms with Crippen molar-refractivity contribution < 1.29 is 8.91 Å². The maximum Gasteiger partial charge on any atom is 0.260 e. The van der Waals surface area contributed by atoms with Crippen LogP contribution in [0, 0.1) is 5.82 Å². The molecule has 100 valence electrons. The SMILES string of the molecule is Fc1c(Cl)cccc1-c1nc(C2CCCNC2)no1. The Labute approximate surface area is 115 Å². The van der Waals surface area contributed by atoms with Crippen molar-refractivity contribution in [3.63, 3.8) is 0 Å². The number of rotatable bonds is 2. The maximum atomic E-state index is 13.9. The molecule has 1 aromatic heterocycles. The lowest BCUT2D eigenvalue weighted by molar-refractivity contribution is 0.392. The van der Waals surface area contributed by atoms with E-state index < -0.39 is 5.82 Å². The Morgan fingerprint density at radius 3 is 3.11 bits per heavy atom. The van der Waals surface area contributed by atoms with Crippen molar-refractivity contribution in [1.82, 2.24) is 15.5 Å². The molecular weight excluding hydrogens is 269 g/mol. The van der Waals surface area contributed by atoms with Gasteiger partial charge in [-0.2, -0.15) is 4.98 Å². The lowest BCUT2D eigenvalue weighted by atomic mass is 9.99. The van der Waals surface area contributed by atoms with Crippen molar-refractivity contribution in [1.29, 1.82) is 0 Å². The number of hydrogen-bond acceptors (Lipinski definition) is 4. The second-order valence-corrected chi connectivity index (χ2v) is 5.01. The van der Waals surface area contributed by atoms with E-state index in [-0.39, 0.29) is 22.4 Å². The van der Waals surface area contributed by atoms with Crippen LogP contribution in [-0.4, -0.2) is 23.2 Å². The Kier molecular flexibility index (Phi) is 3.48. The first-order valence-corrected chi connectivity index (χ1v) is 6.62. The fourth-order valence-electron chi connectivity index (χ4n) is 2.25. The predicted octanol–water partition coefficient (Wildman–Crippen LogP) is 3.00. The van der Waals surface area contributed by atoms with Gasteiger partial charge >= 0.3 is 0 Å². The van der Waals surface area contributed by atoms with E-state index in [1.807, 2.05) is 0 Å². The summed E-state index contributed by atoms with van der Waals surface area (Å²) in [5.74, 6) is 0.511. The van der Waals surface area contributed by atoms with Crippen LogP contribution in [0.2, 0.25) is 5.02 Å². The lowest BCUT2D eigenvalue weighted by Gasteiger charge is -2.19. The van der Waals surface area contributed by atoms with E-state index >= 15 is 0 Å². The molecule has 0 aliphatic carbocycles. The van der Waals surface area contributed by atoms with Gasteiger partial charge in [0.05, 0.1) is 10.6 Å². The molecule has 2 aromatic rings. The summed E-state index contributed by atoms with van der Waals surface area (Å²) in [6.07, 6.45) is 2.10. The third-order valence-corrected chi connectivity index (χ3v) is 3.58. The quantitative estimate of drug-likeness (QED) is 0.919. The molecule has 0 radical (unpaired) electrons. The molecule has 0 amide bonds. The van der Waals surface area contributed by atoms with Gasteiger partial charge in [0.2, 0.25) is 0 Å². The van der Waals surface area contributed by atoms with E-state index in [0.29, 0.717) is 5.82 Å². The minimum atomic E-state index is -0.527. The van der Waals surface area contributed by atoms with Crippen LogP contribution in [0.3, 0.4) is 0 Å². The molecule has 3 rings (SSSR count). The van der Waals surface area contributed by atoms with Crippen molar-refractivity contribution >= 4 is 11.6 Å². The van der Waals surface area contributed by atoms with Crippen molar-refractivity contribution in [3.8, 4) is 11.5 Å². The minimum absolute atomic E-state index is 0.0524. The van der Waals surface area contributed by atoms with Crippen molar-refractivity contribution in [3.05, 3.63) is 34.9 Å². The molecule has 1 N–H and O–H groups in total. The van der Waals surface area contributed by atoms with E-state index in [4.69, 9.17) is 16.1 Å². The van der Waals surface area contributed by atoms with Crippen LogP contribution in [0.1, 0.15) is 24.6 Å². The van der Waals surface area contributed by atoms with Gasteiger partial charge in [0.15, 0.2) is 11.6 Å². The third kappa shape index (κ3) is 2.48. The number of nitrogens with one attached hydrogen (secondary N) is 1. The van der Waals surface area contributed by atoms with Gasteiger partial charge in [-0.25, -0.2) is 4.39 Å². The van der Waals surface area contributed by atoms with Crippen LogP contribution in [0.15, 0.2) is 22.7 Å². The zero-order valence-corrected chi connectivity index (χ0v) is 11.0. The van der Waals surface area contributed by atoms with Crippen LogP contribution in [-0.2, 0) is 0 Å². The molecule has 1 aliphatic rings. The zero-order chi connectivity index (χ0) is 13.2. The van der Waals surface area contributed by atoms with E-state index in [1.54, 1.807) is 12.1 Å². The first-order valence-electron chi connectivity index (χ1n) is 6.24. The summed E-state index contributed by atoms with van der Waals surface area (Å²) in [6, 6.07) is 4.73. The predicted molar refractivity (Wildman–Crippen MR) is 69.5 cm³/mol. The zero-order valence-electron chi connectivity index (χ0n) is 10.2. The fraction of sp³-hybridized carbons (Fsp3) is 0.385. The highest BCUT2D eigenvalue weighted by Gasteiger charge is 2.22. The van der Waals surface area contributed by atoms with E-state index in [2.05, 4.69) is 15.5 Å². The molecule has 1 unspecified atom stereocenters. The molecule has 0 saturated carbocycles. The summed E-state index contributed by atoms with van der Waals surface area (Å²) >= 11 is 5.74. The van der Waals surface area contributed by atoms with Gasteiger partial charge in [-0.05, 0) is 31.5 Å². The van der Waals surface area contributed by atoms with Crippen molar-refractivity contribution in [2.45, 2.75) is 18.8 Å². The first kappa shape index (κ1) is 12.6. The third-order valence-electron chi connectivity index (χ3n) is 3.29. The van der Waals surface area contributed by atoms with Gasteiger partial charge < -0.3 is 9.84 Å². The number of nitrogens with zero attached hydrogens (tertiary/aromatic N) is 2. The number of piperidine rings is 1. The van der Waals surface area contributed by atoms with E-state index in [1.165, 1.54) is 6.07 Å². The minimum Gasteiger partial charge on any atom is -0.334 e. The Morgan fingerprint density at radius 2 is 2.32 bits per heavy atom. The molecule has 1 aliphatic heterocycles. The summed E-state index contributed by atoms with van der Waals surface area (Å²) in [7, 11) is 0. The average Bonchev–Trinajstić information content (AvgIpc) is 2.92. The van der Waals surface area contributed by atoms with E-state index in [0.717, 1.165) is 25.9 Å². The molecule has 1 aromatic carbocycles. The smallest absolute Gasteiger partial charge is 0.260 e. The molecule has 6 heteroatoms. The highest BCUT2D eigenvalue weighted by Crippen LogP contribution is 2.28. The van der Waals surface area contributed by atoms with Crippen molar-refractivity contribution in [2.75, 3.05) is 13.1 Å². The Hall–Kier alpha value is -1.46. The Bertz CT molecular complexity index is 581. The number of aromatic nitrogens is 2. The van der Waals surface area contributed by atoms with Crippen molar-refractivity contribution in [2.24, 2.45) is 0 Å². The first-order chi connectivity index (χ1) is 9.25. The molecule has 1 saturated heterocycles. The normalized spacial score (nSPS) is 19.6. The largest absolute Gasteiger partial charge is 0.334 e. The van der Waals surface area contributed by atoms with Crippen LogP contribution in [0.5, 0.6) is 0 Å². The molecule has 19 heavy (non-hydrogen) atoms. The molecule has 1 fully saturated rings. The van der Waals surface area contributed by atoms with Gasteiger partial charge in [0, 0.05) is 12.5 Å². The number of benzene rings is 1. The summed E-state index contributed by atoms with van der Waals surface area (Å²) < 4.78 is 19.0. The topological polar surface area (TPSA) is 51.0 Å². The molecule has 4 nitrogen and oxygen atoms in total. The lowest BCUT2D eigenvalue weighted by Crippen LogP contribution is -2.28. The van der Waals surface area contributed by atoms with Crippen LogP contribution >= 0.6 is 11.6 Å².